The number of benzene rings is 2. The zero-order chi connectivity index (χ0) is 28.0. The molecule has 9 nitrogen and oxygen atoms in total. The van der Waals surface area contributed by atoms with E-state index >= 15 is 0 Å². The zero-order valence-electron chi connectivity index (χ0n) is 23.4. The van der Waals surface area contributed by atoms with Gasteiger partial charge >= 0.3 is 0 Å². The van der Waals surface area contributed by atoms with Crippen molar-refractivity contribution in [3.05, 3.63) is 73.1 Å². The smallest absolute Gasteiger partial charge is 0.164 e. The Bertz CT molecular complexity index is 1450. The quantitative estimate of drug-likeness (QED) is 0.239. The Morgan fingerprint density at radius 2 is 1.76 bits per heavy atom. The maximum atomic E-state index is 11.0. The van der Waals surface area contributed by atoms with Gasteiger partial charge in [-0.15, -0.1) is 0 Å². The number of nitrogens with zero attached hydrogens (tertiary/aromatic N) is 5. The molecule has 4 aromatic rings. The zero-order valence-corrected chi connectivity index (χ0v) is 23.4. The van der Waals surface area contributed by atoms with Crippen molar-refractivity contribution in [3.8, 4) is 22.8 Å². The summed E-state index contributed by atoms with van der Waals surface area (Å²) in [5, 5.41) is 20.4. The van der Waals surface area contributed by atoms with Gasteiger partial charge in [-0.05, 0) is 68.2 Å². The monoisotopic (exact) mass is 553 g/mol. The van der Waals surface area contributed by atoms with Crippen LogP contribution in [0.2, 0.25) is 0 Å². The largest absolute Gasteiger partial charge is 0.457 e. The average molecular weight is 554 g/mol. The van der Waals surface area contributed by atoms with E-state index in [0.29, 0.717) is 24.1 Å². The average Bonchev–Trinajstić information content (AvgIpc) is 3.42. The molecule has 1 aliphatic heterocycles. The number of piperidine rings is 1. The minimum Gasteiger partial charge on any atom is -0.457 e. The number of hydrogen-bond acceptors (Lipinski definition) is 8. The molecule has 2 fully saturated rings. The van der Waals surface area contributed by atoms with Crippen LogP contribution in [0.4, 0.5) is 5.82 Å². The predicted molar refractivity (Wildman–Crippen MR) is 162 cm³/mol. The Balaban J connectivity index is 1.17. The van der Waals surface area contributed by atoms with Crippen molar-refractivity contribution in [1.29, 1.82) is 0 Å². The van der Waals surface area contributed by atoms with Crippen LogP contribution in [0, 0.1) is 0 Å². The van der Waals surface area contributed by atoms with E-state index in [1.165, 1.54) is 38.4 Å². The van der Waals surface area contributed by atoms with Gasteiger partial charge < -0.3 is 20.9 Å². The first-order chi connectivity index (χ1) is 20.2. The standard InChI is InChI=1S/C32H39N7O2/c33-31-29-30(23-15-17-27(18-16-23)41-26-12-5-2-6-13-26)37-39(32(29)36-22-35-31)25-11-8-20-38(21-25)28(40)14-7-19-34-24-9-3-1-4-10-24/h2,5-7,12-18,22,24-25,28,34,40H,1,3-4,8-11,19-21H2,(H2,33,35,36). The predicted octanol–water partition coefficient (Wildman–Crippen LogP) is 5.30. The number of likely N-dealkylation sites (tertiary alicyclic amines) is 1. The number of rotatable bonds is 9. The number of nitrogen functional groups attached to an aromatic ring is 1. The molecule has 1 saturated carbocycles. The number of ether oxygens (including phenoxy) is 1. The second-order valence-corrected chi connectivity index (χ2v) is 11.1. The van der Waals surface area contributed by atoms with Crippen molar-refractivity contribution in [2.24, 2.45) is 0 Å². The van der Waals surface area contributed by atoms with Crippen molar-refractivity contribution in [3.63, 3.8) is 0 Å². The molecule has 0 amide bonds. The molecule has 2 aromatic heterocycles. The van der Waals surface area contributed by atoms with Crippen LogP contribution in [-0.2, 0) is 0 Å². The number of fused-ring (bicyclic) bond motifs is 1. The molecule has 6 rings (SSSR count). The van der Waals surface area contributed by atoms with Crippen LogP contribution in [0.25, 0.3) is 22.3 Å². The third kappa shape index (κ3) is 6.43. The summed E-state index contributed by atoms with van der Waals surface area (Å²) in [4.78, 5) is 11.0. The van der Waals surface area contributed by atoms with Crippen molar-refractivity contribution in [1.82, 2.24) is 30.0 Å². The second-order valence-electron chi connectivity index (χ2n) is 11.1. The van der Waals surface area contributed by atoms with Gasteiger partial charge in [-0.2, -0.15) is 5.10 Å². The van der Waals surface area contributed by atoms with E-state index in [1.54, 1.807) is 0 Å². The lowest BCUT2D eigenvalue weighted by Gasteiger charge is -2.35. The lowest BCUT2D eigenvalue weighted by Crippen LogP contribution is -2.42. The van der Waals surface area contributed by atoms with Gasteiger partial charge in [0.05, 0.1) is 11.4 Å². The van der Waals surface area contributed by atoms with Gasteiger partial charge in [-0.25, -0.2) is 14.6 Å². The molecule has 41 heavy (non-hydrogen) atoms. The highest BCUT2D eigenvalue weighted by molar-refractivity contribution is 5.98. The van der Waals surface area contributed by atoms with Gasteiger partial charge in [-0.3, -0.25) is 4.90 Å². The summed E-state index contributed by atoms with van der Waals surface area (Å²) in [7, 11) is 0. The van der Waals surface area contributed by atoms with Crippen LogP contribution in [-0.4, -0.2) is 61.7 Å². The van der Waals surface area contributed by atoms with E-state index < -0.39 is 6.23 Å². The summed E-state index contributed by atoms with van der Waals surface area (Å²) in [6.45, 7) is 2.30. The summed E-state index contributed by atoms with van der Waals surface area (Å²) < 4.78 is 7.94. The highest BCUT2D eigenvalue weighted by Crippen LogP contribution is 2.35. The van der Waals surface area contributed by atoms with Crippen molar-refractivity contribution in [2.45, 2.75) is 63.3 Å². The Kier molecular flexibility index (Phi) is 8.55. The highest BCUT2D eigenvalue weighted by Gasteiger charge is 2.28. The fraction of sp³-hybridized carbons (Fsp3) is 0.406. The lowest BCUT2D eigenvalue weighted by atomic mass is 9.95. The topological polar surface area (TPSA) is 114 Å². The molecule has 2 atom stereocenters. The number of aliphatic hydroxyl groups excluding tert-OH is 1. The third-order valence-electron chi connectivity index (χ3n) is 8.21. The summed E-state index contributed by atoms with van der Waals surface area (Å²) in [6, 6.07) is 18.2. The summed E-state index contributed by atoms with van der Waals surface area (Å²) >= 11 is 0. The summed E-state index contributed by atoms with van der Waals surface area (Å²) in [5.74, 6) is 1.93. The molecule has 3 heterocycles. The molecule has 2 unspecified atom stereocenters. The van der Waals surface area contributed by atoms with Gasteiger partial charge in [0.2, 0.25) is 0 Å². The molecule has 2 aliphatic rings. The van der Waals surface area contributed by atoms with Crippen LogP contribution >= 0.6 is 0 Å². The van der Waals surface area contributed by atoms with Crippen molar-refractivity contribution >= 4 is 16.9 Å². The normalized spacial score (nSPS) is 19.6. The van der Waals surface area contributed by atoms with E-state index in [2.05, 4.69) is 26.3 Å². The first-order valence-corrected chi connectivity index (χ1v) is 14.8. The van der Waals surface area contributed by atoms with Crippen LogP contribution in [0.5, 0.6) is 11.5 Å². The molecule has 1 saturated heterocycles. The lowest BCUT2D eigenvalue weighted by molar-refractivity contribution is 0.0123. The summed E-state index contributed by atoms with van der Waals surface area (Å²) in [6.07, 6.45) is 13.2. The molecule has 1 aliphatic carbocycles. The Labute approximate surface area is 241 Å². The van der Waals surface area contributed by atoms with Crippen LogP contribution < -0.4 is 15.8 Å². The van der Waals surface area contributed by atoms with Crippen molar-refractivity contribution < 1.29 is 9.84 Å². The molecule has 2 aromatic carbocycles. The summed E-state index contributed by atoms with van der Waals surface area (Å²) in [5.41, 5.74) is 8.75. The molecule has 0 bridgehead atoms. The number of nitrogens with two attached hydrogens (primary N) is 1. The third-order valence-corrected chi connectivity index (χ3v) is 8.21. The van der Waals surface area contributed by atoms with Crippen LogP contribution in [0.3, 0.4) is 0 Å². The minimum absolute atomic E-state index is 0.0541. The molecule has 4 N–H and O–H groups in total. The van der Waals surface area contributed by atoms with E-state index in [1.807, 2.05) is 65.4 Å². The molecule has 214 valence electrons. The molecule has 9 heteroatoms. The SMILES string of the molecule is Nc1ncnc2c1c(-c1ccc(Oc3ccccc3)cc1)nn2C1CCCN(C(O)C=CCNC2CCCCC2)C1. The number of aliphatic hydroxyl groups is 1. The molecule has 0 spiro atoms. The number of aromatic nitrogens is 4. The van der Waals surface area contributed by atoms with Crippen LogP contribution in [0.1, 0.15) is 51.0 Å². The van der Waals surface area contributed by atoms with Gasteiger partial charge in [0.15, 0.2) is 5.65 Å². The van der Waals surface area contributed by atoms with Gasteiger partial charge in [0, 0.05) is 31.2 Å². The first-order valence-electron chi connectivity index (χ1n) is 14.8. The van der Waals surface area contributed by atoms with E-state index in [0.717, 1.165) is 54.1 Å². The fourth-order valence-electron chi connectivity index (χ4n) is 6.03. The van der Waals surface area contributed by atoms with E-state index in [-0.39, 0.29) is 6.04 Å². The minimum atomic E-state index is -0.635. The number of anilines is 1. The van der Waals surface area contributed by atoms with Crippen molar-refractivity contribution in [2.75, 3.05) is 25.4 Å². The Hall–Kier alpha value is -3.79. The van der Waals surface area contributed by atoms with Crippen LogP contribution in [0.15, 0.2) is 73.1 Å². The second kappa shape index (κ2) is 12.8. The van der Waals surface area contributed by atoms with Gasteiger partial charge in [-0.1, -0.05) is 43.5 Å². The molecular weight excluding hydrogens is 514 g/mol. The number of hydrogen-bond donors (Lipinski definition) is 3. The maximum Gasteiger partial charge on any atom is 0.164 e. The number of nitrogens with one attached hydrogen (secondary N) is 1. The highest BCUT2D eigenvalue weighted by atomic mass is 16.5. The first kappa shape index (κ1) is 27.4. The molecule has 0 radical (unpaired) electrons. The maximum absolute atomic E-state index is 11.0. The molecular formula is C32H39N7O2. The Morgan fingerprint density at radius 3 is 2.56 bits per heavy atom. The van der Waals surface area contributed by atoms with E-state index in [9.17, 15) is 5.11 Å². The Morgan fingerprint density at radius 1 is 0.976 bits per heavy atom. The van der Waals surface area contributed by atoms with Gasteiger partial charge in [0.1, 0.15) is 35.6 Å². The number of para-hydroxylation sites is 1. The van der Waals surface area contributed by atoms with E-state index in [4.69, 9.17) is 15.6 Å². The van der Waals surface area contributed by atoms with Gasteiger partial charge in [0.25, 0.3) is 0 Å². The fourth-order valence-corrected chi connectivity index (χ4v) is 6.03.